The second kappa shape index (κ2) is 11.6. The Labute approximate surface area is 241 Å². The van der Waals surface area contributed by atoms with E-state index in [1.165, 1.54) is 12.8 Å². The molecule has 0 bridgehead atoms. The second-order valence-electron chi connectivity index (χ2n) is 11.5. The van der Waals surface area contributed by atoms with Crippen molar-refractivity contribution in [1.29, 1.82) is 0 Å². The Morgan fingerprint density at radius 3 is 2.66 bits per heavy atom. The fourth-order valence-corrected chi connectivity index (χ4v) is 6.89. The standard InChI is InChI=1S/C33H39N5O3/c1-23-26(29-21-25(40)20-24-8-3-4-9-27(24)29)10-11-28-30(23)35-32(36-31(28)37(18-19-39)15-7-14-34-2)41-22-33-12-5-16-38(33)17-6-13-33/h3-4,8-11,19-21,34,40H,5-7,12-18,22H2,1-2H3. The fraction of sp³-hybridized carbons (Fsp3) is 0.424. The maximum atomic E-state index is 11.8. The molecule has 8 heteroatoms. The number of nitrogens with one attached hydrogen (secondary N) is 1. The van der Waals surface area contributed by atoms with E-state index in [0.29, 0.717) is 19.2 Å². The van der Waals surface area contributed by atoms with Crippen LogP contribution in [0.4, 0.5) is 5.82 Å². The van der Waals surface area contributed by atoms with Gasteiger partial charge >= 0.3 is 6.01 Å². The average Bonchev–Trinajstić information content (AvgIpc) is 3.56. The number of anilines is 1. The molecule has 2 fully saturated rings. The van der Waals surface area contributed by atoms with Gasteiger partial charge in [-0.15, -0.1) is 0 Å². The van der Waals surface area contributed by atoms with E-state index in [0.717, 1.165) is 89.4 Å². The molecule has 3 aromatic carbocycles. The highest BCUT2D eigenvalue weighted by atomic mass is 16.5. The van der Waals surface area contributed by atoms with E-state index >= 15 is 0 Å². The lowest BCUT2D eigenvalue weighted by Gasteiger charge is -2.31. The van der Waals surface area contributed by atoms with Gasteiger partial charge in [0.15, 0.2) is 0 Å². The van der Waals surface area contributed by atoms with Crippen molar-refractivity contribution in [2.75, 3.05) is 51.3 Å². The molecule has 3 heterocycles. The maximum Gasteiger partial charge on any atom is 0.319 e. The van der Waals surface area contributed by atoms with Crippen molar-refractivity contribution in [2.24, 2.45) is 0 Å². The molecular formula is C33H39N5O3. The molecule has 214 valence electrons. The van der Waals surface area contributed by atoms with Gasteiger partial charge in [-0.1, -0.05) is 30.3 Å². The molecule has 4 aromatic rings. The predicted molar refractivity (Wildman–Crippen MR) is 164 cm³/mol. The molecular weight excluding hydrogens is 514 g/mol. The number of fused-ring (bicyclic) bond motifs is 3. The number of hydrogen-bond acceptors (Lipinski definition) is 8. The van der Waals surface area contributed by atoms with Crippen LogP contribution in [0, 0.1) is 6.92 Å². The second-order valence-corrected chi connectivity index (χ2v) is 11.5. The molecule has 0 spiro atoms. The molecule has 2 aliphatic heterocycles. The van der Waals surface area contributed by atoms with Crippen LogP contribution in [0.5, 0.6) is 11.8 Å². The summed E-state index contributed by atoms with van der Waals surface area (Å²) in [5.74, 6) is 0.944. The number of ether oxygens (including phenoxy) is 1. The van der Waals surface area contributed by atoms with E-state index in [4.69, 9.17) is 14.7 Å². The van der Waals surface area contributed by atoms with Crippen LogP contribution < -0.4 is 15.0 Å². The number of aldehydes is 1. The first kappa shape index (κ1) is 27.4. The zero-order chi connectivity index (χ0) is 28.4. The molecule has 1 aromatic heterocycles. The summed E-state index contributed by atoms with van der Waals surface area (Å²) in [4.78, 5) is 26.3. The van der Waals surface area contributed by atoms with Crippen molar-refractivity contribution in [3.05, 3.63) is 54.1 Å². The summed E-state index contributed by atoms with van der Waals surface area (Å²) in [6, 6.07) is 16.2. The smallest absolute Gasteiger partial charge is 0.319 e. The zero-order valence-corrected chi connectivity index (χ0v) is 24.0. The van der Waals surface area contributed by atoms with Crippen molar-refractivity contribution in [3.8, 4) is 22.9 Å². The van der Waals surface area contributed by atoms with Crippen molar-refractivity contribution in [3.63, 3.8) is 0 Å². The molecule has 0 aliphatic carbocycles. The number of benzene rings is 3. The van der Waals surface area contributed by atoms with Gasteiger partial charge in [-0.2, -0.15) is 9.97 Å². The Kier molecular flexibility index (Phi) is 7.77. The molecule has 0 atom stereocenters. The number of aromatic nitrogens is 2. The summed E-state index contributed by atoms with van der Waals surface area (Å²) >= 11 is 0. The van der Waals surface area contributed by atoms with Gasteiger partial charge in [0, 0.05) is 11.9 Å². The normalized spacial score (nSPS) is 16.3. The van der Waals surface area contributed by atoms with Gasteiger partial charge in [0.1, 0.15) is 24.5 Å². The maximum absolute atomic E-state index is 11.8. The van der Waals surface area contributed by atoms with Gasteiger partial charge in [-0.3, -0.25) is 4.90 Å². The van der Waals surface area contributed by atoms with Crippen LogP contribution in [-0.4, -0.2) is 78.2 Å². The molecule has 0 unspecified atom stereocenters. The summed E-state index contributed by atoms with van der Waals surface area (Å²) in [5, 5.41) is 16.7. The number of aromatic hydroxyl groups is 1. The molecule has 2 saturated heterocycles. The minimum atomic E-state index is 0.0745. The van der Waals surface area contributed by atoms with Gasteiger partial charge in [-0.25, -0.2) is 0 Å². The Balaban J connectivity index is 1.47. The number of phenols is 1. The molecule has 41 heavy (non-hydrogen) atoms. The predicted octanol–water partition coefficient (Wildman–Crippen LogP) is 5.09. The molecule has 0 amide bonds. The van der Waals surface area contributed by atoms with Gasteiger partial charge in [0.25, 0.3) is 0 Å². The van der Waals surface area contributed by atoms with Crippen molar-refractivity contribution in [2.45, 2.75) is 44.6 Å². The van der Waals surface area contributed by atoms with Crippen LogP contribution >= 0.6 is 0 Å². The van der Waals surface area contributed by atoms with Crippen LogP contribution in [0.1, 0.15) is 37.7 Å². The Morgan fingerprint density at radius 2 is 1.88 bits per heavy atom. The summed E-state index contributed by atoms with van der Waals surface area (Å²) in [7, 11) is 1.93. The number of rotatable bonds is 11. The van der Waals surface area contributed by atoms with Gasteiger partial charge in [0.05, 0.1) is 17.6 Å². The van der Waals surface area contributed by atoms with Gasteiger partial charge in [0.2, 0.25) is 0 Å². The average molecular weight is 554 g/mol. The molecule has 6 rings (SSSR count). The van der Waals surface area contributed by atoms with Crippen LogP contribution in [0.3, 0.4) is 0 Å². The molecule has 0 radical (unpaired) electrons. The third kappa shape index (κ3) is 5.22. The Morgan fingerprint density at radius 1 is 1.07 bits per heavy atom. The van der Waals surface area contributed by atoms with Gasteiger partial charge in [-0.05, 0) is 111 Å². The topological polar surface area (TPSA) is 90.8 Å². The Hall–Kier alpha value is -3.75. The molecule has 2 N–H and O–H groups in total. The lowest BCUT2D eigenvalue weighted by molar-refractivity contribution is -0.106. The quantitative estimate of drug-likeness (QED) is 0.196. The minimum Gasteiger partial charge on any atom is -0.508 e. The highest BCUT2D eigenvalue weighted by molar-refractivity contribution is 6.02. The van der Waals surface area contributed by atoms with E-state index in [9.17, 15) is 9.90 Å². The first-order valence-corrected chi connectivity index (χ1v) is 14.8. The van der Waals surface area contributed by atoms with Crippen molar-refractivity contribution < 1.29 is 14.6 Å². The first-order valence-electron chi connectivity index (χ1n) is 14.8. The van der Waals surface area contributed by atoms with E-state index in [1.807, 2.05) is 42.3 Å². The van der Waals surface area contributed by atoms with Crippen molar-refractivity contribution >= 4 is 33.8 Å². The molecule has 8 nitrogen and oxygen atoms in total. The number of phenolic OH excluding ortho intramolecular Hbond substituents is 1. The molecule has 2 aliphatic rings. The Bertz CT molecular complexity index is 1560. The third-order valence-corrected chi connectivity index (χ3v) is 8.95. The van der Waals surface area contributed by atoms with Crippen LogP contribution in [0.2, 0.25) is 0 Å². The molecule has 0 saturated carbocycles. The monoisotopic (exact) mass is 553 g/mol. The lowest BCUT2D eigenvalue weighted by Crippen LogP contribution is -2.43. The summed E-state index contributed by atoms with van der Waals surface area (Å²) in [5.41, 5.74) is 3.80. The highest BCUT2D eigenvalue weighted by Gasteiger charge is 2.45. The van der Waals surface area contributed by atoms with Crippen LogP contribution in [-0.2, 0) is 4.79 Å². The minimum absolute atomic E-state index is 0.0745. The van der Waals surface area contributed by atoms with E-state index in [2.05, 4.69) is 29.3 Å². The zero-order valence-electron chi connectivity index (χ0n) is 24.0. The largest absolute Gasteiger partial charge is 0.508 e. The SMILES string of the molecule is CNCCCN(CC=O)c1nc(OCC23CCCN2CCC3)nc2c(C)c(-c3cc(O)cc4ccccc34)ccc12. The number of nitrogens with zero attached hydrogens (tertiary/aromatic N) is 4. The van der Waals surface area contributed by atoms with Crippen LogP contribution in [0.25, 0.3) is 32.8 Å². The summed E-state index contributed by atoms with van der Waals surface area (Å²) in [6.45, 7) is 6.66. The number of carbonyl (C=O) groups is 1. The van der Waals surface area contributed by atoms with Crippen LogP contribution in [0.15, 0.2) is 48.5 Å². The summed E-state index contributed by atoms with van der Waals surface area (Å²) in [6.07, 6.45) is 6.49. The van der Waals surface area contributed by atoms with Gasteiger partial charge < -0.3 is 24.9 Å². The van der Waals surface area contributed by atoms with E-state index < -0.39 is 0 Å². The first-order chi connectivity index (χ1) is 20.0. The highest BCUT2D eigenvalue weighted by Crippen LogP contribution is 2.41. The lowest BCUT2D eigenvalue weighted by atomic mass is 9.93. The van der Waals surface area contributed by atoms with Crippen molar-refractivity contribution in [1.82, 2.24) is 20.2 Å². The van der Waals surface area contributed by atoms with E-state index in [1.54, 1.807) is 6.07 Å². The number of aryl methyl sites for hydroxylation is 1. The fourth-order valence-electron chi connectivity index (χ4n) is 6.89. The van der Waals surface area contributed by atoms with E-state index in [-0.39, 0.29) is 17.8 Å². The number of hydrogen-bond donors (Lipinski definition) is 2. The number of carbonyl (C=O) groups excluding carboxylic acids is 1. The third-order valence-electron chi connectivity index (χ3n) is 8.95. The summed E-state index contributed by atoms with van der Waals surface area (Å²) < 4.78 is 6.46.